The van der Waals surface area contributed by atoms with Gasteiger partial charge >= 0.3 is 0 Å². The van der Waals surface area contributed by atoms with E-state index in [0.717, 1.165) is 18.1 Å². The minimum Gasteiger partial charge on any atom is -0.367 e. The molecule has 0 saturated carbocycles. The van der Waals surface area contributed by atoms with Crippen molar-refractivity contribution in [2.75, 3.05) is 18.0 Å². The fourth-order valence-electron chi connectivity index (χ4n) is 2.23. The number of halogens is 1. The fourth-order valence-corrected chi connectivity index (χ4v) is 2.35. The molecule has 1 saturated heterocycles. The normalized spacial score (nSPS) is 26.6. The molecule has 2 unspecified atom stereocenters. The van der Waals surface area contributed by atoms with E-state index in [0.29, 0.717) is 12.1 Å². The molecule has 2 rings (SSSR count). The maximum absolute atomic E-state index is 5.92. The highest BCUT2D eigenvalue weighted by atomic mass is 35.5. The van der Waals surface area contributed by atoms with Gasteiger partial charge in [-0.1, -0.05) is 11.6 Å². The maximum atomic E-state index is 5.92. The number of hydrogen-bond acceptors (Lipinski definition) is 2. The molecule has 0 bridgehead atoms. The number of benzene rings is 1. The van der Waals surface area contributed by atoms with E-state index in [1.807, 2.05) is 12.1 Å². The van der Waals surface area contributed by atoms with E-state index in [4.69, 9.17) is 11.6 Å². The van der Waals surface area contributed by atoms with Gasteiger partial charge < -0.3 is 10.2 Å². The second-order valence-corrected chi connectivity index (χ2v) is 5.06. The lowest BCUT2D eigenvalue weighted by Crippen LogP contribution is -2.38. The summed E-state index contributed by atoms with van der Waals surface area (Å²) >= 11 is 5.92. The summed E-state index contributed by atoms with van der Waals surface area (Å²) in [5, 5.41) is 4.32. The van der Waals surface area contributed by atoms with E-state index in [9.17, 15) is 0 Å². The molecule has 0 amide bonds. The van der Waals surface area contributed by atoms with Gasteiger partial charge in [0.25, 0.3) is 0 Å². The summed E-state index contributed by atoms with van der Waals surface area (Å²) in [5.74, 6) is 0. The number of hydrogen-bond donors (Lipinski definition) is 1. The van der Waals surface area contributed by atoms with Crippen molar-refractivity contribution < 1.29 is 0 Å². The van der Waals surface area contributed by atoms with Crippen LogP contribution >= 0.6 is 11.6 Å². The first-order valence-corrected chi connectivity index (χ1v) is 6.30. The molecule has 1 N–H and O–H groups in total. The fraction of sp³-hybridized carbons (Fsp3) is 0.538. The van der Waals surface area contributed by atoms with E-state index < -0.39 is 0 Å². The van der Waals surface area contributed by atoms with Gasteiger partial charge in [0.05, 0.1) is 0 Å². The van der Waals surface area contributed by atoms with Crippen molar-refractivity contribution >= 4 is 17.3 Å². The standard InChI is InChI=1S/C13H19ClN2/c1-10-9-16(11(2)7-8-15-10)13-5-3-12(14)4-6-13/h3-6,10-11,15H,7-9H2,1-2H3. The second-order valence-electron chi connectivity index (χ2n) is 4.62. The van der Waals surface area contributed by atoms with Gasteiger partial charge in [0.15, 0.2) is 0 Å². The Morgan fingerprint density at radius 3 is 2.62 bits per heavy atom. The Hall–Kier alpha value is -0.730. The molecule has 1 aromatic carbocycles. The predicted octanol–water partition coefficient (Wildman–Crippen LogP) is 2.92. The topological polar surface area (TPSA) is 15.3 Å². The van der Waals surface area contributed by atoms with E-state index >= 15 is 0 Å². The monoisotopic (exact) mass is 238 g/mol. The number of anilines is 1. The summed E-state index contributed by atoms with van der Waals surface area (Å²) in [6, 6.07) is 9.27. The summed E-state index contributed by atoms with van der Waals surface area (Å²) in [6.45, 7) is 6.69. The summed E-state index contributed by atoms with van der Waals surface area (Å²) < 4.78 is 0. The molecular formula is C13H19ClN2. The second kappa shape index (κ2) is 5.07. The van der Waals surface area contributed by atoms with Gasteiger partial charge in [-0.25, -0.2) is 0 Å². The quantitative estimate of drug-likeness (QED) is 0.810. The molecule has 0 spiro atoms. The van der Waals surface area contributed by atoms with Crippen LogP contribution in [0.15, 0.2) is 24.3 Å². The SMILES string of the molecule is CC1CN(c2ccc(Cl)cc2)C(C)CCN1. The van der Waals surface area contributed by atoms with Crippen molar-refractivity contribution in [1.82, 2.24) is 5.32 Å². The Morgan fingerprint density at radius 1 is 1.25 bits per heavy atom. The lowest BCUT2D eigenvalue weighted by atomic mass is 10.1. The Bertz CT molecular complexity index is 336. The third-order valence-corrected chi connectivity index (χ3v) is 3.47. The zero-order chi connectivity index (χ0) is 11.5. The molecule has 2 nitrogen and oxygen atoms in total. The molecule has 88 valence electrons. The van der Waals surface area contributed by atoms with E-state index in [1.165, 1.54) is 12.1 Å². The van der Waals surface area contributed by atoms with Crippen LogP contribution in [0.5, 0.6) is 0 Å². The molecular weight excluding hydrogens is 220 g/mol. The molecule has 0 radical (unpaired) electrons. The van der Waals surface area contributed by atoms with Crippen molar-refractivity contribution in [2.24, 2.45) is 0 Å². The van der Waals surface area contributed by atoms with Crippen molar-refractivity contribution in [3.63, 3.8) is 0 Å². The molecule has 0 aliphatic carbocycles. The Balaban J connectivity index is 2.19. The van der Waals surface area contributed by atoms with E-state index in [1.54, 1.807) is 0 Å². The van der Waals surface area contributed by atoms with Gasteiger partial charge in [-0.05, 0) is 51.1 Å². The average molecular weight is 239 g/mol. The minimum absolute atomic E-state index is 0.542. The van der Waals surface area contributed by atoms with Crippen LogP contribution in [-0.4, -0.2) is 25.2 Å². The molecule has 1 aliphatic heterocycles. The molecule has 1 aromatic rings. The molecule has 16 heavy (non-hydrogen) atoms. The van der Waals surface area contributed by atoms with Crippen molar-refractivity contribution in [2.45, 2.75) is 32.4 Å². The van der Waals surface area contributed by atoms with Gasteiger partial charge in [0.2, 0.25) is 0 Å². The maximum Gasteiger partial charge on any atom is 0.0407 e. The van der Waals surface area contributed by atoms with Crippen molar-refractivity contribution in [1.29, 1.82) is 0 Å². The van der Waals surface area contributed by atoms with Gasteiger partial charge in [-0.3, -0.25) is 0 Å². The Kier molecular flexibility index (Phi) is 3.72. The van der Waals surface area contributed by atoms with Crippen LogP contribution < -0.4 is 10.2 Å². The smallest absolute Gasteiger partial charge is 0.0407 e. The summed E-state index contributed by atoms with van der Waals surface area (Å²) in [4.78, 5) is 2.46. The zero-order valence-electron chi connectivity index (χ0n) is 9.91. The zero-order valence-corrected chi connectivity index (χ0v) is 10.7. The molecule has 0 aromatic heterocycles. The van der Waals surface area contributed by atoms with Crippen LogP contribution in [0, 0.1) is 0 Å². The van der Waals surface area contributed by atoms with Crippen LogP contribution in [0.1, 0.15) is 20.3 Å². The molecule has 2 atom stereocenters. The first-order valence-electron chi connectivity index (χ1n) is 5.92. The highest BCUT2D eigenvalue weighted by molar-refractivity contribution is 6.30. The first-order chi connectivity index (χ1) is 7.66. The predicted molar refractivity (Wildman–Crippen MR) is 70.3 cm³/mol. The number of nitrogens with one attached hydrogen (secondary N) is 1. The summed E-state index contributed by atoms with van der Waals surface area (Å²) in [6.07, 6.45) is 1.19. The van der Waals surface area contributed by atoms with Crippen LogP contribution in [0.3, 0.4) is 0 Å². The van der Waals surface area contributed by atoms with Gasteiger partial charge in [0.1, 0.15) is 0 Å². The van der Waals surface area contributed by atoms with E-state index in [2.05, 4.69) is 36.2 Å². The lowest BCUT2D eigenvalue weighted by Gasteiger charge is -2.30. The molecule has 1 aliphatic rings. The molecule has 3 heteroatoms. The highest BCUT2D eigenvalue weighted by Gasteiger charge is 2.20. The van der Waals surface area contributed by atoms with Crippen molar-refractivity contribution in [3.8, 4) is 0 Å². The highest BCUT2D eigenvalue weighted by Crippen LogP contribution is 2.22. The Morgan fingerprint density at radius 2 is 1.94 bits per heavy atom. The third kappa shape index (κ3) is 2.69. The first kappa shape index (κ1) is 11.7. The largest absolute Gasteiger partial charge is 0.367 e. The van der Waals surface area contributed by atoms with Crippen LogP contribution in [0.25, 0.3) is 0 Å². The molecule has 1 heterocycles. The minimum atomic E-state index is 0.542. The summed E-state index contributed by atoms with van der Waals surface area (Å²) in [7, 11) is 0. The number of rotatable bonds is 1. The lowest BCUT2D eigenvalue weighted by molar-refractivity contribution is 0.585. The van der Waals surface area contributed by atoms with Crippen molar-refractivity contribution in [3.05, 3.63) is 29.3 Å². The van der Waals surface area contributed by atoms with Gasteiger partial charge in [-0.15, -0.1) is 0 Å². The van der Waals surface area contributed by atoms with Crippen LogP contribution in [0.2, 0.25) is 5.02 Å². The number of nitrogens with zero attached hydrogens (tertiary/aromatic N) is 1. The van der Waals surface area contributed by atoms with Gasteiger partial charge in [0, 0.05) is 29.3 Å². The van der Waals surface area contributed by atoms with Crippen LogP contribution in [0.4, 0.5) is 5.69 Å². The van der Waals surface area contributed by atoms with E-state index in [-0.39, 0.29) is 0 Å². The third-order valence-electron chi connectivity index (χ3n) is 3.22. The summed E-state index contributed by atoms with van der Waals surface area (Å²) in [5.41, 5.74) is 1.27. The Labute approximate surface area is 103 Å². The average Bonchev–Trinajstić information content (AvgIpc) is 2.42. The van der Waals surface area contributed by atoms with Crippen LogP contribution in [-0.2, 0) is 0 Å². The van der Waals surface area contributed by atoms with Gasteiger partial charge in [-0.2, -0.15) is 0 Å². The molecule has 1 fully saturated rings.